The highest BCUT2D eigenvalue weighted by molar-refractivity contribution is 6.07. The molecule has 170 valence electrons. The monoisotopic (exact) mass is 446 g/mol. The minimum Gasteiger partial charge on any atom is -0.497 e. The number of primary amides is 1. The largest absolute Gasteiger partial charge is 0.497 e. The first-order valence-electron chi connectivity index (χ1n) is 11.0. The first-order valence-corrected chi connectivity index (χ1v) is 11.0. The fraction of sp³-hybridized carbons (Fsp3) is 0.320. The predicted molar refractivity (Wildman–Crippen MR) is 127 cm³/mol. The molecule has 0 aliphatic carbocycles. The summed E-state index contributed by atoms with van der Waals surface area (Å²) in [7, 11) is 3.24. The Bertz CT molecular complexity index is 1440. The number of hydrogen-bond donors (Lipinski definition) is 1. The lowest BCUT2D eigenvalue weighted by Gasteiger charge is -2.34. The van der Waals surface area contributed by atoms with Crippen molar-refractivity contribution in [2.75, 3.05) is 25.1 Å². The van der Waals surface area contributed by atoms with Crippen LogP contribution < -0.4 is 20.9 Å². The van der Waals surface area contributed by atoms with Gasteiger partial charge in [-0.1, -0.05) is 6.07 Å². The number of methoxy groups -OCH3 is 1. The molecule has 2 aromatic carbocycles. The second kappa shape index (κ2) is 7.95. The molecule has 8 heteroatoms. The number of nitrogens with zero attached hydrogens (tertiary/aromatic N) is 3. The van der Waals surface area contributed by atoms with Gasteiger partial charge in [0.25, 0.3) is 11.5 Å². The van der Waals surface area contributed by atoms with E-state index in [4.69, 9.17) is 19.9 Å². The van der Waals surface area contributed by atoms with E-state index in [1.54, 1.807) is 20.2 Å². The van der Waals surface area contributed by atoms with Crippen LogP contribution in [-0.4, -0.2) is 35.7 Å². The number of oxazole rings is 1. The molecule has 0 unspecified atom stereocenters. The molecule has 1 fully saturated rings. The number of carbonyl (C=O) groups is 1. The topological polar surface area (TPSA) is 104 Å². The lowest BCUT2D eigenvalue weighted by atomic mass is 9.95. The number of fused-ring (bicyclic) bond motifs is 2. The van der Waals surface area contributed by atoms with E-state index >= 15 is 0 Å². The second-order valence-corrected chi connectivity index (χ2v) is 8.62. The van der Waals surface area contributed by atoms with Crippen molar-refractivity contribution in [3.63, 3.8) is 0 Å². The Balaban J connectivity index is 1.53. The molecule has 2 N–H and O–H groups in total. The third-order valence-electron chi connectivity index (χ3n) is 6.54. The van der Waals surface area contributed by atoms with Gasteiger partial charge in [-0.05, 0) is 55.7 Å². The SMILES string of the molecule is COc1ccc2c(c1)c(N1CCC(c3nc4cc(C)ccc4o3)CC1)c(C(N)=O)c(=O)n2C. The van der Waals surface area contributed by atoms with Gasteiger partial charge in [-0.2, -0.15) is 0 Å². The van der Waals surface area contributed by atoms with Gasteiger partial charge < -0.3 is 24.4 Å². The van der Waals surface area contributed by atoms with Crippen LogP contribution >= 0.6 is 0 Å². The van der Waals surface area contributed by atoms with E-state index in [9.17, 15) is 9.59 Å². The molecule has 0 spiro atoms. The van der Waals surface area contributed by atoms with Crippen molar-refractivity contribution in [1.29, 1.82) is 0 Å². The van der Waals surface area contributed by atoms with Crippen molar-refractivity contribution >= 4 is 33.6 Å². The van der Waals surface area contributed by atoms with Crippen LogP contribution in [0.25, 0.3) is 22.0 Å². The van der Waals surface area contributed by atoms with Gasteiger partial charge in [0, 0.05) is 31.4 Å². The summed E-state index contributed by atoms with van der Waals surface area (Å²) in [6.45, 7) is 3.32. The van der Waals surface area contributed by atoms with Crippen LogP contribution in [0.5, 0.6) is 5.75 Å². The van der Waals surface area contributed by atoms with E-state index in [0.29, 0.717) is 24.5 Å². The molecule has 4 aromatic rings. The first kappa shape index (κ1) is 21.1. The van der Waals surface area contributed by atoms with Crippen molar-refractivity contribution in [3.05, 3.63) is 63.8 Å². The highest BCUT2D eigenvalue weighted by atomic mass is 16.5. The Labute approximate surface area is 190 Å². The third kappa shape index (κ3) is 3.51. The summed E-state index contributed by atoms with van der Waals surface area (Å²) in [5, 5.41) is 0.765. The Morgan fingerprint density at radius 2 is 1.94 bits per heavy atom. The van der Waals surface area contributed by atoms with Crippen molar-refractivity contribution in [2.24, 2.45) is 12.8 Å². The Morgan fingerprint density at radius 1 is 1.18 bits per heavy atom. The van der Waals surface area contributed by atoms with Gasteiger partial charge in [0.1, 0.15) is 16.8 Å². The number of benzene rings is 2. The number of nitrogens with two attached hydrogens (primary N) is 1. The molecule has 0 saturated carbocycles. The standard InChI is InChI=1S/C25H26N4O4/c1-14-4-7-20-18(12-14)27-24(33-20)15-8-10-29(11-9-15)22-17-13-16(32-3)5-6-19(17)28(2)25(31)21(22)23(26)30/h4-7,12-13,15H,8-11H2,1-3H3,(H2,26,30). The smallest absolute Gasteiger partial charge is 0.265 e. The quantitative estimate of drug-likeness (QED) is 0.515. The van der Waals surface area contributed by atoms with Crippen molar-refractivity contribution in [3.8, 4) is 5.75 Å². The number of piperidine rings is 1. The van der Waals surface area contributed by atoms with Gasteiger partial charge in [-0.3, -0.25) is 9.59 Å². The summed E-state index contributed by atoms with van der Waals surface area (Å²) in [5.74, 6) is 0.820. The first-order chi connectivity index (χ1) is 15.9. The molecule has 1 amide bonds. The molecule has 8 nitrogen and oxygen atoms in total. The number of rotatable bonds is 4. The number of carbonyl (C=O) groups excluding carboxylic acids is 1. The summed E-state index contributed by atoms with van der Waals surface area (Å²) in [5.41, 5.74) is 9.40. The molecule has 0 radical (unpaired) electrons. The molecule has 3 heterocycles. The van der Waals surface area contributed by atoms with Crippen LogP contribution in [0.1, 0.15) is 40.6 Å². The van der Waals surface area contributed by atoms with Crippen LogP contribution in [0, 0.1) is 6.92 Å². The number of aromatic nitrogens is 2. The van der Waals surface area contributed by atoms with Gasteiger partial charge in [0.15, 0.2) is 11.5 Å². The Kier molecular flexibility index (Phi) is 5.08. The Morgan fingerprint density at radius 3 is 2.64 bits per heavy atom. The van der Waals surface area contributed by atoms with E-state index < -0.39 is 11.5 Å². The lowest BCUT2D eigenvalue weighted by Crippen LogP contribution is -2.38. The summed E-state index contributed by atoms with van der Waals surface area (Å²) in [4.78, 5) is 32.2. The zero-order valence-corrected chi connectivity index (χ0v) is 18.9. The van der Waals surface area contributed by atoms with Crippen molar-refractivity contribution < 1.29 is 13.9 Å². The molecular formula is C25H26N4O4. The summed E-state index contributed by atoms with van der Waals surface area (Å²) in [6, 6.07) is 11.5. The normalized spacial score (nSPS) is 14.8. The molecule has 33 heavy (non-hydrogen) atoms. The maximum Gasteiger partial charge on any atom is 0.265 e. The van der Waals surface area contributed by atoms with E-state index in [2.05, 4.69) is 4.90 Å². The minimum atomic E-state index is -0.730. The van der Waals surface area contributed by atoms with Crippen molar-refractivity contribution in [2.45, 2.75) is 25.7 Å². The van der Waals surface area contributed by atoms with Gasteiger partial charge in [-0.15, -0.1) is 0 Å². The molecule has 5 rings (SSSR count). The van der Waals surface area contributed by atoms with Crippen LogP contribution in [-0.2, 0) is 7.05 Å². The fourth-order valence-corrected chi connectivity index (χ4v) is 4.77. The number of pyridine rings is 1. The van der Waals surface area contributed by atoms with E-state index in [1.165, 1.54) is 4.57 Å². The van der Waals surface area contributed by atoms with Crippen LogP contribution in [0.3, 0.4) is 0 Å². The maximum absolute atomic E-state index is 13.0. The molecule has 1 aliphatic heterocycles. The number of amides is 1. The number of anilines is 1. The summed E-state index contributed by atoms with van der Waals surface area (Å²) < 4.78 is 12.9. The average Bonchev–Trinajstić information content (AvgIpc) is 3.24. The highest BCUT2D eigenvalue weighted by Gasteiger charge is 2.30. The fourth-order valence-electron chi connectivity index (χ4n) is 4.77. The number of aryl methyl sites for hydroxylation is 2. The van der Waals surface area contributed by atoms with Gasteiger partial charge in [-0.25, -0.2) is 4.98 Å². The Hall–Kier alpha value is -3.81. The highest BCUT2D eigenvalue weighted by Crippen LogP contribution is 2.36. The maximum atomic E-state index is 13.0. The van der Waals surface area contributed by atoms with E-state index in [1.807, 2.05) is 37.3 Å². The molecule has 0 atom stereocenters. The molecule has 0 bridgehead atoms. The minimum absolute atomic E-state index is 0.00837. The third-order valence-corrected chi connectivity index (χ3v) is 6.54. The number of hydrogen-bond acceptors (Lipinski definition) is 6. The predicted octanol–water partition coefficient (Wildman–Crippen LogP) is 3.48. The molecular weight excluding hydrogens is 420 g/mol. The van der Waals surface area contributed by atoms with Crippen LogP contribution in [0.2, 0.25) is 0 Å². The van der Waals surface area contributed by atoms with E-state index in [0.717, 1.165) is 46.3 Å². The zero-order chi connectivity index (χ0) is 23.3. The molecule has 1 saturated heterocycles. The summed E-state index contributed by atoms with van der Waals surface area (Å²) >= 11 is 0. The number of ether oxygens (including phenoxy) is 1. The second-order valence-electron chi connectivity index (χ2n) is 8.62. The van der Waals surface area contributed by atoms with E-state index in [-0.39, 0.29) is 11.5 Å². The summed E-state index contributed by atoms with van der Waals surface area (Å²) in [6.07, 6.45) is 1.56. The average molecular weight is 447 g/mol. The lowest BCUT2D eigenvalue weighted by molar-refractivity contribution is 0.0999. The van der Waals surface area contributed by atoms with Gasteiger partial charge in [0.2, 0.25) is 0 Å². The zero-order valence-electron chi connectivity index (χ0n) is 18.9. The van der Waals surface area contributed by atoms with Gasteiger partial charge in [0.05, 0.1) is 18.3 Å². The molecule has 1 aliphatic rings. The molecule has 2 aromatic heterocycles. The van der Waals surface area contributed by atoms with Gasteiger partial charge >= 0.3 is 0 Å². The van der Waals surface area contributed by atoms with Crippen molar-refractivity contribution in [1.82, 2.24) is 9.55 Å². The van der Waals surface area contributed by atoms with Crippen LogP contribution in [0.15, 0.2) is 45.6 Å². The van der Waals surface area contributed by atoms with Crippen LogP contribution in [0.4, 0.5) is 5.69 Å².